The molecule has 8 nitrogen and oxygen atoms in total. The molecule has 0 saturated heterocycles. The van der Waals surface area contributed by atoms with Crippen LogP contribution in [0.1, 0.15) is 11.4 Å². The zero-order valence-electron chi connectivity index (χ0n) is 17.5. The molecule has 3 rings (SSSR count). The van der Waals surface area contributed by atoms with Gasteiger partial charge in [-0.2, -0.15) is 0 Å². The molecule has 2 heterocycles. The van der Waals surface area contributed by atoms with E-state index < -0.39 is 0 Å². The highest BCUT2D eigenvalue weighted by Gasteiger charge is 2.21. The molecular formula is C22H23BrN6O2. The van der Waals surface area contributed by atoms with Gasteiger partial charge < -0.3 is 4.74 Å². The molecule has 0 amide bonds. The number of methoxy groups -OCH3 is 1. The molecule has 0 saturated carbocycles. The van der Waals surface area contributed by atoms with Crippen molar-refractivity contribution in [3.05, 3.63) is 81.9 Å². The summed E-state index contributed by atoms with van der Waals surface area (Å²) in [5.41, 5.74) is 3.51. The number of halogens is 1. The van der Waals surface area contributed by atoms with Gasteiger partial charge in [-0.25, -0.2) is 9.36 Å². The summed E-state index contributed by atoms with van der Waals surface area (Å²) in [7, 11) is 3.42. The van der Waals surface area contributed by atoms with E-state index in [-0.39, 0.29) is 5.56 Å². The fourth-order valence-electron chi connectivity index (χ4n) is 3.26. The highest BCUT2D eigenvalue weighted by Crippen LogP contribution is 2.26. The Balaban J connectivity index is 2.07. The van der Waals surface area contributed by atoms with Crippen molar-refractivity contribution in [3.8, 4) is 17.0 Å². The number of ether oxygens (including phenoxy) is 1. The number of nitrogens with zero attached hydrogens (tertiary/aromatic N) is 6. The van der Waals surface area contributed by atoms with Crippen molar-refractivity contribution >= 4 is 28.3 Å². The first-order valence-electron chi connectivity index (χ1n) is 9.38. The SMILES string of the molecule is C=C/C=C(\C=C)n1c(=O)c(Br)c(Cn2nnc(-c3ccc(OC)cc3)c2CN=C)n1C. The van der Waals surface area contributed by atoms with Gasteiger partial charge in [-0.15, -0.1) is 5.10 Å². The Hall–Kier alpha value is -3.46. The van der Waals surface area contributed by atoms with Crippen molar-refractivity contribution in [2.75, 3.05) is 7.11 Å². The number of hydrogen-bond donors (Lipinski definition) is 0. The molecule has 160 valence electrons. The van der Waals surface area contributed by atoms with E-state index in [2.05, 4.69) is 51.1 Å². The molecule has 0 aliphatic rings. The van der Waals surface area contributed by atoms with Gasteiger partial charge in [0.15, 0.2) is 0 Å². The lowest BCUT2D eigenvalue weighted by Gasteiger charge is -2.11. The van der Waals surface area contributed by atoms with Crippen LogP contribution in [0, 0.1) is 0 Å². The van der Waals surface area contributed by atoms with Gasteiger partial charge in [0.25, 0.3) is 5.56 Å². The van der Waals surface area contributed by atoms with Gasteiger partial charge in [-0.05, 0) is 59.1 Å². The van der Waals surface area contributed by atoms with Crippen LogP contribution in [0.5, 0.6) is 5.75 Å². The standard InChI is InChI=1S/C22H23BrN6O2/c1-6-8-16(7-2)29-22(30)20(23)19(27(29)4)14-28-18(13-24-3)21(25-26-28)15-9-11-17(31-5)12-10-15/h6-12H,1-3,13-14H2,4-5H3/b16-8+. The molecular weight excluding hydrogens is 460 g/mol. The summed E-state index contributed by atoms with van der Waals surface area (Å²) in [6.45, 7) is 11.7. The molecule has 0 unspecified atom stereocenters. The molecule has 0 atom stereocenters. The monoisotopic (exact) mass is 482 g/mol. The summed E-state index contributed by atoms with van der Waals surface area (Å²) < 4.78 is 10.7. The van der Waals surface area contributed by atoms with Gasteiger partial charge >= 0.3 is 0 Å². The van der Waals surface area contributed by atoms with Crippen molar-refractivity contribution in [1.29, 1.82) is 0 Å². The van der Waals surface area contributed by atoms with Crippen molar-refractivity contribution in [2.45, 2.75) is 13.1 Å². The topological polar surface area (TPSA) is 79.2 Å². The van der Waals surface area contributed by atoms with Crippen LogP contribution in [0.25, 0.3) is 17.0 Å². The first kappa shape index (κ1) is 22.2. The van der Waals surface area contributed by atoms with E-state index in [1.54, 1.807) is 41.7 Å². The zero-order chi connectivity index (χ0) is 22.5. The van der Waals surface area contributed by atoms with Crippen LogP contribution in [0.2, 0.25) is 0 Å². The Morgan fingerprint density at radius 1 is 1.26 bits per heavy atom. The molecule has 0 aliphatic carbocycles. The lowest BCUT2D eigenvalue weighted by Crippen LogP contribution is -2.20. The highest BCUT2D eigenvalue weighted by molar-refractivity contribution is 9.10. The Bertz CT molecular complexity index is 1210. The maximum absolute atomic E-state index is 12.9. The summed E-state index contributed by atoms with van der Waals surface area (Å²) in [6, 6.07) is 7.56. The Morgan fingerprint density at radius 2 is 1.97 bits per heavy atom. The fourth-order valence-corrected chi connectivity index (χ4v) is 3.81. The maximum Gasteiger partial charge on any atom is 0.286 e. The average Bonchev–Trinajstić information content (AvgIpc) is 3.27. The van der Waals surface area contributed by atoms with E-state index in [1.165, 1.54) is 4.68 Å². The van der Waals surface area contributed by atoms with E-state index in [0.29, 0.717) is 29.0 Å². The molecule has 9 heteroatoms. The second-order valence-electron chi connectivity index (χ2n) is 6.59. The zero-order valence-corrected chi connectivity index (χ0v) is 19.0. The van der Waals surface area contributed by atoms with Crippen LogP contribution in [0.4, 0.5) is 0 Å². The summed E-state index contributed by atoms with van der Waals surface area (Å²) in [6.07, 6.45) is 4.93. The van der Waals surface area contributed by atoms with Crippen molar-refractivity contribution in [3.63, 3.8) is 0 Å². The number of aliphatic imine (C=N–C) groups is 1. The van der Waals surface area contributed by atoms with Crippen LogP contribution in [-0.4, -0.2) is 38.2 Å². The van der Waals surface area contributed by atoms with Gasteiger partial charge in [-0.3, -0.25) is 14.5 Å². The number of hydrogen-bond acceptors (Lipinski definition) is 5. The van der Waals surface area contributed by atoms with Gasteiger partial charge in [0.05, 0.1) is 37.3 Å². The quantitative estimate of drug-likeness (QED) is 0.344. The highest BCUT2D eigenvalue weighted by atomic mass is 79.9. The Labute approximate surface area is 188 Å². The Kier molecular flexibility index (Phi) is 6.86. The molecule has 31 heavy (non-hydrogen) atoms. The molecule has 0 aliphatic heterocycles. The molecule has 0 bridgehead atoms. The summed E-state index contributed by atoms with van der Waals surface area (Å²) in [5.74, 6) is 0.755. The van der Waals surface area contributed by atoms with E-state index in [4.69, 9.17) is 4.74 Å². The Morgan fingerprint density at radius 3 is 2.55 bits per heavy atom. The number of allylic oxidation sites excluding steroid dienone is 4. The number of aromatic nitrogens is 5. The molecule has 0 spiro atoms. The summed E-state index contributed by atoms with van der Waals surface area (Å²) >= 11 is 3.44. The lowest BCUT2D eigenvalue weighted by molar-refractivity contribution is 0.415. The molecule has 2 aromatic heterocycles. The molecule has 0 fully saturated rings. The minimum Gasteiger partial charge on any atom is -0.497 e. The molecule has 0 radical (unpaired) electrons. The lowest BCUT2D eigenvalue weighted by atomic mass is 10.1. The van der Waals surface area contributed by atoms with Crippen LogP contribution in [0.3, 0.4) is 0 Å². The molecule has 1 aromatic carbocycles. The van der Waals surface area contributed by atoms with Gasteiger partial charge in [0, 0.05) is 12.6 Å². The van der Waals surface area contributed by atoms with Gasteiger partial charge in [0.1, 0.15) is 15.9 Å². The average molecular weight is 483 g/mol. The van der Waals surface area contributed by atoms with Crippen LogP contribution < -0.4 is 10.3 Å². The van der Waals surface area contributed by atoms with Crippen molar-refractivity contribution in [2.24, 2.45) is 12.0 Å². The third kappa shape index (κ3) is 4.22. The second-order valence-corrected chi connectivity index (χ2v) is 7.38. The van der Waals surface area contributed by atoms with Gasteiger partial charge in [-0.1, -0.05) is 24.4 Å². The van der Waals surface area contributed by atoms with E-state index >= 15 is 0 Å². The van der Waals surface area contributed by atoms with Crippen LogP contribution in [-0.2, 0) is 20.1 Å². The number of rotatable bonds is 9. The summed E-state index contributed by atoms with van der Waals surface area (Å²) in [4.78, 5) is 16.9. The van der Waals surface area contributed by atoms with E-state index in [9.17, 15) is 4.79 Å². The minimum absolute atomic E-state index is 0.204. The van der Waals surface area contributed by atoms with E-state index in [0.717, 1.165) is 22.7 Å². The van der Waals surface area contributed by atoms with Crippen LogP contribution >= 0.6 is 15.9 Å². The number of benzene rings is 1. The fraction of sp³-hybridized carbons (Fsp3) is 0.182. The predicted molar refractivity (Wildman–Crippen MR) is 126 cm³/mol. The van der Waals surface area contributed by atoms with Gasteiger partial charge in [0.2, 0.25) is 0 Å². The third-order valence-electron chi connectivity index (χ3n) is 4.83. The largest absolute Gasteiger partial charge is 0.497 e. The van der Waals surface area contributed by atoms with Crippen LogP contribution in [0.15, 0.2) is 69.9 Å². The minimum atomic E-state index is -0.204. The second kappa shape index (κ2) is 9.57. The molecule has 3 aromatic rings. The first-order valence-corrected chi connectivity index (χ1v) is 10.2. The molecule has 0 N–H and O–H groups in total. The normalized spacial score (nSPS) is 11.4. The van der Waals surface area contributed by atoms with Crippen molar-refractivity contribution < 1.29 is 4.74 Å². The summed E-state index contributed by atoms with van der Waals surface area (Å²) in [5, 5.41) is 8.68. The van der Waals surface area contributed by atoms with E-state index in [1.807, 2.05) is 24.3 Å². The van der Waals surface area contributed by atoms with Crippen molar-refractivity contribution in [1.82, 2.24) is 24.4 Å². The smallest absolute Gasteiger partial charge is 0.286 e. The predicted octanol–water partition coefficient (Wildman–Crippen LogP) is 3.68. The maximum atomic E-state index is 12.9. The third-order valence-corrected chi connectivity index (χ3v) is 5.63. The first-order chi connectivity index (χ1) is 15.0.